The van der Waals surface area contributed by atoms with E-state index in [1.165, 1.54) is 6.07 Å². The van der Waals surface area contributed by atoms with Crippen LogP contribution in [0.5, 0.6) is 34.5 Å². The molecule has 0 saturated heterocycles. The quantitative estimate of drug-likeness (QED) is 0.261. The molecule has 9 nitrogen and oxygen atoms in total. The Morgan fingerprint density at radius 3 is 2.27 bits per heavy atom. The van der Waals surface area contributed by atoms with Crippen LogP contribution in [0.4, 0.5) is 0 Å². The van der Waals surface area contributed by atoms with Gasteiger partial charge in [-0.25, -0.2) is 0 Å². The molecular weight excluding hydrogens is 348 g/mol. The minimum absolute atomic E-state index is 0.0554. The third kappa shape index (κ3) is 2.61. The minimum Gasteiger partial charge on any atom is -0.504 e. The first-order valence-corrected chi connectivity index (χ1v) is 7.16. The number of hydrogen-bond donors (Lipinski definition) is 5. The summed E-state index contributed by atoms with van der Waals surface area (Å²) in [5.41, 5.74) is -1.30. The van der Waals surface area contributed by atoms with Gasteiger partial charge in [0.25, 0.3) is 0 Å². The Bertz CT molecular complexity index is 1110. The third-order valence-electron chi connectivity index (χ3n) is 3.55. The molecule has 1 heterocycles. The zero-order chi connectivity index (χ0) is 19.2. The molecule has 0 unspecified atom stereocenters. The van der Waals surface area contributed by atoms with Gasteiger partial charge in [0.15, 0.2) is 28.8 Å². The Labute approximate surface area is 144 Å². The first-order chi connectivity index (χ1) is 12.2. The topological polar surface area (TPSA) is 158 Å². The summed E-state index contributed by atoms with van der Waals surface area (Å²) in [5, 5.41) is 48.6. The monoisotopic (exact) mass is 360 g/mol. The van der Waals surface area contributed by atoms with E-state index in [2.05, 4.69) is 4.74 Å². The van der Waals surface area contributed by atoms with Gasteiger partial charge in [-0.05, 0) is 18.2 Å². The number of phenols is 4. The van der Waals surface area contributed by atoms with E-state index >= 15 is 0 Å². The smallest absolute Gasteiger partial charge is 0.308 e. The van der Waals surface area contributed by atoms with Gasteiger partial charge in [0.1, 0.15) is 11.0 Å². The van der Waals surface area contributed by atoms with Gasteiger partial charge >= 0.3 is 5.97 Å². The Balaban J connectivity index is 2.33. The largest absolute Gasteiger partial charge is 0.504 e. The lowest BCUT2D eigenvalue weighted by Crippen LogP contribution is -2.06. The summed E-state index contributed by atoms with van der Waals surface area (Å²) < 4.78 is 10.0. The van der Waals surface area contributed by atoms with E-state index in [0.29, 0.717) is 0 Å². The number of esters is 1. The Morgan fingerprint density at radius 2 is 1.65 bits per heavy atom. The maximum atomic E-state index is 12.4. The van der Waals surface area contributed by atoms with E-state index in [0.717, 1.165) is 25.1 Å². The molecule has 2 aromatic carbocycles. The summed E-state index contributed by atoms with van der Waals surface area (Å²) >= 11 is 0. The summed E-state index contributed by atoms with van der Waals surface area (Å²) in [6, 6.07) is 4.36. The van der Waals surface area contributed by atoms with Crippen LogP contribution in [0.3, 0.4) is 0 Å². The van der Waals surface area contributed by atoms with Gasteiger partial charge in [-0.2, -0.15) is 0 Å². The van der Waals surface area contributed by atoms with Gasteiger partial charge in [-0.1, -0.05) is 0 Å². The molecule has 0 amide bonds. The molecule has 26 heavy (non-hydrogen) atoms. The fourth-order valence-corrected chi connectivity index (χ4v) is 2.40. The van der Waals surface area contributed by atoms with Crippen LogP contribution in [0, 0.1) is 0 Å². The predicted octanol–water partition coefficient (Wildman–Crippen LogP) is 1.91. The van der Waals surface area contributed by atoms with Crippen molar-refractivity contribution in [3.05, 3.63) is 34.5 Å². The number of carbonyl (C=O) groups excluding carboxylic acids is 1. The average Bonchev–Trinajstić information content (AvgIpc) is 2.57. The van der Waals surface area contributed by atoms with Crippen molar-refractivity contribution >= 4 is 16.9 Å². The van der Waals surface area contributed by atoms with Crippen molar-refractivity contribution in [1.82, 2.24) is 0 Å². The fraction of sp³-hybridized carbons (Fsp3) is 0.0588. The molecule has 0 aliphatic rings. The molecule has 0 saturated carbocycles. The maximum Gasteiger partial charge on any atom is 0.308 e. The summed E-state index contributed by atoms with van der Waals surface area (Å²) in [5.74, 6) is -5.23. The average molecular weight is 360 g/mol. The molecule has 0 bridgehead atoms. The lowest BCUT2D eigenvalue weighted by atomic mass is 10.1. The molecule has 5 N–H and O–H groups in total. The van der Waals surface area contributed by atoms with E-state index in [9.17, 15) is 35.1 Å². The number of rotatable bonds is 2. The molecule has 0 aliphatic carbocycles. The summed E-state index contributed by atoms with van der Waals surface area (Å²) in [7, 11) is 0. The zero-order valence-corrected chi connectivity index (χ0v) is 13.2. The highest BCUT2D eigenvalue weighted by atomic mass is 16.5. The molecule has 9 heteroatoms. The number of carbonyl (C=O) groups is 1. The first-order valence-electron chi connectivity index (χ1n) is 7.16. The van der Waals surface area contributed by atoms with Crippen LogP contribution in [0.25, 0.3) is 22.3 Å². The number of hydrogen-bond acceptors (Lipinski definition) is 9. The van der Waals surface area contributed by atoms with Gasteiger partial charge in [0.05, 0.1) is 0 Å². The van der Waals surface area contributed by atoms with Crippen LogP contribution in [-0.4, -0.2) is 31.5 Å². The van der Waals surface area contributed by atoms with Gasteiger partial charge in [-0.15, -0.1) is 0 Å². The van der Waals surface area contributed by atoms with E-state index in [4.69, 9.17) is 4.42 Å². The Morgan fingerprint density at radius 1 is 0.962 bits per heavy atom. The first kappa shape index (κ1) is 17.0. The molecule has 134 valence electrons. The van der Waals surface area contributed by atoms with Crippen molar-refractivity contribution in [1.29, 1.82) is 0 Å². The van der Waals surface area contributed by atoms with Crippen LogP contribution in [0.15, 0.2) is 33.5 Å². The van der Waals surface area contributed by atoms with Crippen molar-refractivity contribution < 1.29 is 39.5 Å². The number of aromatic hydroxyl groups is 5. The highest BCUT2D eigenvalue weighted by Crippen LogP contribution is 2.43. The highest BCUT2D eigenvalue weighted by Gasteiger charge is 2.24. The Hall–Kier alpha value is -3.88. The van der Waals surface area contributed by atoms with Gasteiger partial charge in [-0.3, -0.25) is 9.59 Å². The maximum absolute atomic E-state index is 12.4. The highest BCUT2D eigenvalue weighted by molar-refractivity contribution is 5.92. The van der Waals surface area contributed by atoms with Crippen LogP contribution >= 0.6 is 0 Å². The van der Waals surface area contributed by atoms with E-state index in [1.54, 1.807) is 0 Å². The number of benzene rings is 2. The van der Waals surface area contributed by atoms with E-state index in [-0.39, 0.29) is 16.9 Å². The molecular formula is C17H12O9. The molecule has 0 fully saturated rings. The van der Waals surface area contributed by atoms with Crippen molar-refractivity contribution in [3.8, 4) is 45.8 Å². The number of fused-ring (bicyclic) bond motifs is 1. The third-order valence-corrected chi connectivity index (χ3v) is 3.55. The predicted molar refractivity (Wildman–Crippen MR) is 87.6 cm³/mol. The molecule has 0 atom stereocenters. The minimum atomic E-state index is -1.06. The molecule has 3 aromatic rings. The molecule has 0 radical (unpaired) electrons. The summed E-state index contributed by atoms with van der Waals surface area (Å²) in [6.45, 7) is 1.03. The van der Waals surface area contributed by atoms with Gasteiger partial charge in [0.2, 0.25) is 16.9 Å². The molecule has 1 aromatic heterocycles. The lowest BCUT2D eigenvalue weighted by Gasteiger charge is -2.11. The second-order valence-corrected chi connectivity index (χ2v) is 5.35. The molecule has 3 rings (SSSR count). The zero-order valence-electron chi connectivity index (χ0n) is 13.2. The fourth-order valence-electron chi connectivity index (χ4n) is 2.40. The van der Waals surface area contributed by atoms with Gasteiger partial charge < -0.3 is 34.7 Å². The van der Waals surface area contributed by atoms with Crippen molar-refractivity contribution in [2.75, 3.05) is 0 Å². The second-order valence-electron chi connectivity index (χ2n) is 5.35. The number of ether oxygens (including phenoxy) is 1. The van der Waals surface area contributed by atoms with E-state index < -0.39 is 51.3 Å². The SMILES string of the molecule is CC(=O)Oc1c(O)cc2oc(-c3ccc(O)c(O)c3)c(O)c(=O)c2c1O. The van der Waals surface area contributed by atoms with Crippen LogP contribution in [0.2, 0.25) is 0 Å². The van der Waals surface area contributed by atoms with Crippen molar-refractivity contribution in [3.63, 3.8) is 0 Å². The van der Waals surface area contributed by atoms with Crippen molar-refractivity contribution in [2.45, 2.75) is 6.92 Å². The number of phenolic OH excluding ortho intramolecular Hbond substituents is 4. The van der Waals surface area contributed by atoms with E-state index in [1.807, 2.05) is 0 Å². The lowest BCUT2D eigenvalue weighted by molar-refractivity contribution is -0.132. The summed E-state index contributed by atoms with van der Waals surface area (Å²) in [6.07, 6.45) is 0. The Kier molecular flexibility index (Phi) is 3.84. The van der Waals surface area contributed by atoms with Crippen molar-refractivity contribution in [2.24, 2.45) is 0 Å². The molecule has 0 aliphatic heterocycles. The summed E-state index contributed by atoms with van der Waals surface area (Å²) in [4.78, 5) is 23.5. The standard InChI is InChI=1S/C17H12O9/c1-6(18)25-17-10(21)5-11-12(14(17)23)13(22)15(24)16(26-11)7-2-3-8(19)9(20)4-7/h2-5,19-21,23-24H,1H3. The second kappa shape index (κ2) is 5.88. The molecule has 0 spiro atoms. The van der Waals surface area contributed by atoms with Crippen LogP contribution < -0.4 is 10.2 Å². The van der Waals surface area contributed by atoms with Crippen LogP contribution in [0.1, 0.15) is 6.92 Å². The van der Waals surface area contributed by atoms with Gasteiger partial charge in [0, 0.05) is 18.6 Å². The van der Waals surface area contributed by atoms with Crippen LogP contribution in [-0.2, 0) is 4.79 Å². The normalized spacial score (nSPS) is 10.8.